The monoisotopic (exact) mass is 283 g/mol. The van der Waals surface area contributed by atoms with Crippen molar-refractivity contribution in [2.75, 3.05) is 38.5 Å². The molecule has 106 valence electrons. The van der Waals surface area contributed by atoms with Crippen LogP contribution in [0.25, 0.3) is 0 Å². The third-order valence-electron chi connectivity index (χ3n) is 3.19. The van der Waals surface area contributed by atoms with Crippen LogP contribution in [0.15, 0.2) is 0 Å². The first-order chi connectivity index (χ1) is 9.19. The second kappa shape index (κ2) is 6.81. The largest absolute Gasteiger partial charge is 0.360 e. The molecule has 1 amide bonds. The average Bonchev–Trinajstić information content (AvgIpc) is 3.02. The van der Waals surface area contributed by atoms with E-state index in [2.05, 4.69) is 39.7 Å². The molecule has 0 aliphatic carbocycles. The maximum Gasteiger partial charge on any atom is 0.282 e. The SMILES string of the molecule is CCCNc1nnc(C(=O)NCC2CCN(C)C2)s1. The number of nitrogens with one attached hydrogen (secondary N) is 2. The van der Waals surface area contributed by atoms with E-state index in [0.29, 0.717) is 16.1 Å². The van der Waals surface area contributed by atoms with E-state index < -0.39 is 0 Å². The molecule has 6 nitrogen and oxygen atoms in total. The van der Waals surface area contributed by atoms with Gasteiger partial charge in [-0.15, -0.1) is 10.2 Å². The number of hydrogen-bond donors (Lipinski definition) is 2. The lowest BCUT2D eigenvalue weighted by Gasteiger charge is -2.10. The number of anilines is 1. The Morgan fingerprint density at radius 2 is 2.37 bits per heavy atom. The third kappa shape index (κ3) is 4.14. The minimum absolute atomic E-state index is 0.114. The molecule has 1 saturated heterocycles. The number of rotatable bonds is 6. The summed E-state index contributed by atoms with van der Waals surface area (Å²) in [5.74, 6) is 0.441. The van der Waals surface area contributed by atoms with E-state index in [1.807, 2.05) is 0 Å². The van der Waals surface area contributed by atoms with Crippen LogP contribution >= 0.6 is 11.3 Å². The van der Waals surface area contributed by atoms with Crippen LogP contribution in [0.3, 0.4) is 0 Å². The molecule has 1 aromatic rings. The Bertz CT molecular complexity index is 422. The van der Waals surface area contributed by atoms with Crippen LogP contribution in [0.1, 0.15) is 29.6 Å². The van der Waals surface area contributed by atoms with Crippen molar-refractivity contribution >= 4 is 22.4 Å². The third-order valence-corrected chi connectivity index (χ3v) is 4.07. The number of carbonyl (C=O) groups excluding carboxylic acids is 1. The Morgan fingerprint density at radius 3 is 3.05 bits per heavy atom. The van der Waals surface area contributed by atoms with Crippen molar-refractivity contribution in [3.05, 3.63) is 5.01 Å². The number of likely N-dealkylation sites (tertiary alicyclic amines) is 1. The van der Waals surface area contributed by atoms with Crippen LogP contribution in [0.2, 0.25) is 0 Å². The zero-order valence-electron chi connectivity index (χ0n) is 11.5. The van der Waals surface area contributed by atoms with Gasteiger partial charge in [0.05, 0.1) is 0 Å². The summed E-state index contributed by atoms with van der Waals surface area (Å²) in [7, 11) is 2.11. The fourth-order valence-corrected chi connectivity index (χ4v) is 2.81. The van der Waals surface area contributed by atoms with Gasteiger partial charge in [-0.25, -0.2) is 0 Å². The van der Waals surface area contributed by atoms with Crippen LogP contribution < -0.4 is 10.6 Å². The molecule has 0 spiro atoms. The van der Waals surface area contributed by atoms with Gasteiger partial charge >= 0.3 is 0 Å². The van der Waals surface area contributed by atoms with Crippen LogP contribution in [0.4, 0.5) is 5.13 Å². The fourth-order valence-electron chi connectivity index (χ4n) is 2.12. The first kappa shape index (κ1) is 14.2. The predicted octanol–water partition coefficient (Wildman–Crippen LogP) is 1.04. The Morgan fingerprint density at radius 1 is 1.53 bits per heavy atom. The van der Waals surface area contributed by atoms with E-state index in [0.717, 1.165) is 39.0 Å². The number of aromatic nitrogens is 2. The smallest absolute Gasteiger partial charge is 0.282 e. The lowest BCUT2D eigenvalue weighted by atomic mass is 10.1. The summed E-state index contributed by atoms with van der Waals surface area (Å²) in [6.45, 7) is 5.83. The Balaban J connectivity index is 1.77. The van der Waals surface area contributed by atoms with Crippen molar-refractivity contribution in [3.8, 4) is 0 Å². The van der Waals surface area contributed by atoms with Crippen LogP contribution in [-0.2, 0) is 0 Å². The van der Waals surface area contributed by atoms with Gasteiger partial charge in [-0.2, -0.15) is 0 Å². The molecule has 1 unspecified atom stereocenters. The normalized spacial score (nSPS) is 19.6. The van der Waals surface area contributed by atoms with Gasteiger partial charge in [0.2, 0.25) is 10.1 Å². The van der Waals surface area contributed by atoms with Gasteiger partial charge in [-0.05, 0) is 32.4 Å². The molecule has 2 heterocycles. The van der Waals surface area contributed by atoms with Gasteiger partial charge in [0.15, 0.2) is 0 Å². The summed E-state index contributed by atoms with van der Waals surface area (Å²) in [4.78, 5) is 14.2. The molecular formula is C12H21N5OS. The molecule has 7 heteroatoms. The molecule has 1 aromatic heterocycles. The molecule has 0 radical (unpaired) electrons. The van der Waals surface area contributed by atoms with E-state index in [1.165, 1.54) is 11.3 Å². The van der Waals surface area contributed by atoms with E-state index in [1.54, 1.807) is 0 Å². The molecular weight excluding hydrogens is 262 g/mol. The van der Waals surface area contributed by atoms with Gasteiger partial charge in [-0.3, -0.25) is 4.79 Å². The number of hydrogen-bond acceptors (Lipinski definition) is 6. The first-order valence-corrected chi connectivity index (χ1v) is 7.54. The van der Waals surface area contributed by atoms with Crippen LogP contribution in [-0.4, -0.2) is 54.2 Å². The molecule has 0 bridgehead atoms. The predicted molar refractivity (Wildman–Crippen MR) is 76.6 cm³/mol. The minimum atomic E-state index is -0.114. The molecule has 2 N–H and O–H groups in total. The van der Waals surface area contributed by atoms with Gasteiger partial charge in [0.1, 0.15) is 0 Å². The fraction of sp³-hybridized carbons (Fsp3) is 0.750. The highest BCUT2D eigenvalue weighted by atomic mass is 32.1. The Hall–Kier alpha value is -1.21. The molecule has 0 aromatic carbocycles. The van der Waals surface area contributed by atoms with E-state index >= 15 is 0 Å². The molecule has 1 atom stereocenters. The van der Waals surface area contributed by atoms with Crippen LogP contribution in [0, 0.1) is 5.92 Å². The molecule has 1 aliphatic heterocycles. The number of carbonyl (C=O) groups is 1. The summed E-state index contributed by atoms with van der Waals surface area (Å²) in [6.07, 6.45) is 2.17. The van der Waals surface area contributed by atoms with Crippen molar-refractivity contribution < 1.29 is 4.79 Å². The van der Waals surface area contributed by atoms with Crippen LogP contribution in [0.5, 0.6) is 0 Å². The minimum Gasteiger partial charge on any atom is -0.360 e. The van der Waals surface area contributed by atoms with Crippen molar-refractivity contribution in [2.24, 2.45) is 5.92 Å². The highest BCUT2D eigenvalue weighted by Crippen LogP contribution is 2.16. The quantitative estimate of drug-likeness (QED) is 0.816. The summed E-state index contributed by atoms with van der Waals surface area (Å²) in [5.41, 5.74) is 0. The topological polar surface area (TPSA) is 70.1 Å². The van der Waals surface area contributed by atoms with Crippen molar-refractivity contribution in [2.45, 2.75) is 19.8 Å². The maximum atomic E-state index is 11.9. The van der Waals surface area contributed by atoms with E-state index in [-0.39, 0.29) is 5.91 Å². The summed E-state index contributed by atoms with van der Waals surface area (Å²) >= 11 is 1.31. The van der Waals surface area contributed by atoms with Gasteiger partial charge in [0.25, 0.3) is 5.91 Å². The summed E-state index contributed by atoms with van der Waals surface area (Å²) < 4.78 is 0. The first-order valence-electron chi connectivity index (χ1n) is 6.73. The van der Waals surface area contributed by atoms with Gasteiger partial charge < -0.3 is 15.5 Å². The number of nitrogens with zero attached hydrogens (tertiary/aromatic N) is 3. The molecule has 1 fully saturated rings. The number of amides is 1. The van der Waals surface area contributed by atoms with E-state index in [9.17, 15) is 4.79 Å². The lowest BCUT2D eigenvalue weighted by Crippen LogP contribution is -2.30. The molecule has 1 aliphatic rings. The zero-order valence-corrected chi connectivity index (χ0v) is 12.3. The van der Waals surface area contributed by atoms with Crippen molar-refractivity contribution in [3.63, 3.8) is 0 Å². The molecule has 0 saturated carbocycles. The molecule has 19 heavy (non-hydrogen) atoms. The summed E-state index contributed by atoms with van der Waals surface area (Å²) in [6, 6.07) is 0. The highest BCUT2D eigenvalue weighted by Gasteiger charge is 2.21. The van der Waals surface area contributed by atoms with Gasteiger partial charge in [-0.1, -0.05) is 18.3 Å². The van der Waals surface area contributed by atoms with Crippen molar-refractivity contribution in [1.82, 2.24) is 20.4 Å². The maximum absolute atomic E-state index is 11.9. The Labute approximate surface area is 117 Å². The van der Waals surface area contributed by atoms with Crippen molar-refractivity contribution in [1.29, 1.82) is 0 Å². The second-order valence-corrected chi connectivity index (χ2v) is 5.94. The standard InChI is InChI=1S/C12H21N5OS/c1-3-5-13-12-16-15-11(19-12)10(18)14-7-9-4-6-17(2)8-9/h9H,3-8H2,1-2H3,(H,13,16)(H,14,18). The second-order valence-electron chi connectivity index (χ2n) is 4.97. The highest BCUT2D eigenvalue weighted by molar-refractivity contribution is 7.17. The Kier molecular flexibility index (Phi) is 5.09. The van der Waals surface area contributed by atoms with E-state index in [4.69, 9.17) is 0 Å². The lowest BCUT2D eigenvalue weighted by molar-refractivity contribution is 0.0946. The molecule has 2 rings (SSSR count). The average molecular weight is 283 g/mol. The van der Waals surface area contributed by atoms with Gasteiger partial charge in [0, 0.05) is 19.6 Å². The summed E-state index contributed by atoms with van der Waals surface area (Å²) in [5, 5.41) is 15.1. The zero-order chi connectivity index (χ0) is 13.7.